The van der Waals surface area contributed by atoms with Gasteiger partial charge in [0.25, 0.3) is 0 Å². The fraction of sp³-hybridized carbons (Fsp3) is 1.00. The first-order valence-corrected chi connectivity index (χ1v) is 8.33. The molecule has 2 rings (SSSR count). The maximum absolute atomic E-state index is 3.75. The van der Waals surface area contributed by atoms with Gasteiger partial charge >= 0.3 is 0 Å². The molecule has 2 aliphatic rings. The van der Waals surface area contributed by atoms with E-state index in [0.29, 0.717) is 0 Å². The molecular weight excluding hydrogens is 234 g/mol. The lowest BCUT2D eigenvalue weighted by atomic mass is 9.96. The van der Waals surface area contributed by atoms with Crippen molar-refractivity contribution in [1.82, 2.24) is 15.1 Å². The lowest BCUT2D eigenvalue weighted by Crippen LogP contribution is -2.49. The molecule has 19 heavy (non-hydrogen) atoms. The Labute approximate surface area is 119 Å². The van der Waals surface area contributed by atoms with Crippen LogP contribution in [0, 0.1) is 5.92 Å². The van der Waals surface area contributed by atoms with Crippen LogP contribution in [0.4, 0.5) is 0 Å². The zero-order chi connectivity index (χ0) is 13.7. The highest BCUT2D eigenvalue weighted by atomic mass is 15.2. The Morgan fingerprint density at radius 2 is 1.79 bits per heavy atom. The van der Waals surface area contributed by atoms with Crippen molar-refractivity contribution in [3.63, 3.8) is 0 Å². The van der Waals surface area contributed by atoms with Crippen LogP contribution >= 0.6 is 0 Å². The van der Waals surface area contributed by atoms with E-state index in [1.807, 2.05) is 0 Å². The van der Waals surface area contributed by atoms with Gasteiger partial charge in [-0.05, 0) is 65.3 Å². The van der Waals surface area contributed by atoms with Crippen LogP contribution < -0.4 is 5.32 Å². The normalized spacial score (nSPS) is 25.3. The van der Waals surface area contributed by atoms with Crippen molar-refractivity contribution in [3.8, 4) is 0 Å². The molecule has 0 aromatic rings. The summed E-state index contributed by atoms with van der Waals surface area (Å²) in [6.07, 6.45) is 8.47. The average Bonchev–Trinajstić information content (AvgIpc) is 2.92. The summed E-state index contributed by atoms with van der Waals surface area (Å²) in [5.41, 5.74) is 0. The zero-order valence-electron chi connectivity index (χ0n) is 13.2. The van der Waals surface area contributed by atoms with Crippen molar-refractivity contribution in [2.24, 2.45) is 5.92 Å². The van der Waals surface area contributed by atoms with E-state index in [2.05, 4.69) is 36.1 Å². The number of nitrogens with one attached hydrogen (secondary N) is 1. The number of likely N-dealkylation sites (tertiary alicyclic amines) is 1. The van der Waals surface area contributed by atoms with Crippen LogP contribution in [0.2, 0.25) is 0 Å². The second-order valence-electron chi connectivity index (χ2n) is 6.68. The van der Waals surface area contributed by atoms with Crippen LogP contribution in [0.25, 0.3) is 0 Å². The number of nitrogens with zero attached hydrogens (tertiary/aromatic N) is 2. The molecule has 1 aliphatic carbocycles. The SMILES string of the molecule is CCNC(CN(C)C1CCN(C)CC1)C1CCCC1. The third kappa shape index (κ3) is 4.44. The van der Waals surface area contributed by atoms with E-state index in [9.17, 15) is 0 Å². The van der Waals surface area contributed by atoms with Crippen LogP contribution in [0.1, 0.15) is 45.4 Å². The maximum atomic E-state index is 3.75. The molecule has 0 spiro atoms. The van der Waals surface area contributed by atoms with Gasteiger partial charge in [-0.1, -0.05) is 19.8 Å². The van der Waals surface area contributed by atoms with E-state index in [1.165, 1.54) is 58.2 Å². The Kier molecular flexibility index (Phi) is 6.11. The highest BCUT2D eigenvalue weighted by molar-refractivity contribution is 4.85. The van der Waals surface area contributed by atoms with Gasteiger partial charge in [0.15, 0.2) is 0 Å². The van der Waals surface area contributed by atoms with Crippen molar-refractivity contribution in [2.45, 2.75) is 57.5 Å². The molecule has 3 nitrogen and oxygen atoms in total. The zero-order valence-corrected chi connectivity index (χ0v) is 13.2. The van der Waals surface area contributed by atoms with Gasteiger partial charge in [-0.25, -0.2) is 0 Å². The van der Waals surface area contributed by atoms with Crippen LogP contribution in [0.15, 0.2) is 0 Å². The molecule has 3 heteroatoms. The molecule has 0 amide bonds. The summed E-state index contributed by atoms with van der Waals surface area (Å²) < 4.78 is 0. The van der Waals surface area contributed by atoms with Crippen LogP contribution in [-0.2, 0) is 0 Å². The van der Waals surface area contributed by atoms with Gasteiger partial charge in [-0.3, -0.25) is 0 Å². The second kappa shape index (κ2) is 7.61. The van der Waals surface area contributed by atoms with Gasteiger partial charge < -0.3 is 15.1 Å². The first-order chi connectivity index (χ1) is 9.20. The van der Waals surface area contributed by atoms with Crippen LogP contribution in [0.5, 0.6) is 0 Å². The fourth-order valence-electron chi connectivity index (χ4n) is 3.90. The summed E-state index contributed by atoms with van der Waals surface area (Å²) in [5, 5.41) is 3.75. The van der Waals surface area contributed by atoms with Crippen LogP contribution in [-0.4, -0.2) is 62.2 Å². The van der Waals surface area contributed by atoms with Gasteiger partial charge in [-0.2, -0.15) is 0 Å². The summed E-state index contributed by atoms with van der Waals surface area (Å²) in [7, 11) is 4.59. The minimum absolute atomic E-state index is 0.720. The first-order valence-electron chi connectivity index (χ1n) is 8.33. The number of likely N-dealkylation sites (N-methyl/N-ethyl adjacent to an activating group) is 2. The van der Waals surface area contributed by atoms with Crippen molar-refractivity contribution in [3.05, 3.63) is 0 Å². The smallest absolute Gasteiger partial charge is 0.0223 e. The standard InChI is InChI=1S/C16H33N3/c1-4-17-16(14-7-5-6-8-14)13-19(3)15-9-11-18(2)12-10-15/h14-17H,4-13H2,1-3H3. The molecule has 1 saturated heterocycles. The largest absolute Gasteiger partial charge is 0.313 e. The molecule has 0 bridgehead atoms. The Bertz CT molecular complexity index is 242. The minimum Gasteiger partial charge on any atom is -0.313 e. The summed E-state index contributed by atoms with van der Waals surface area (Å²) in [6.45, 7) is 7.14. The monoisotopic (exact) mass is 267 g/mol. The molecular formula is C16H33N3. The first kappa shape index (κ1) is 15.3. The number of hydrogen-bond donors (Lipinski definition) is 1. The highest BCUT2D eigenvalue weighted by Crippen LogP contribution is 2.28. The lowest BCUT2D eigenvalue weighted by molar-refractivity contribution is 0.125. The minimum atomic E-state index is 0.720. The van der Waals surface area contributed by atoms with Gasteiger partial charge in [-0.15, -0.1) is 0 Å². The molecule has 0 radical (unpaired) electrons. The summed E-state index contributed by atoms with van der Waals surface area (Å²) in [5.74, 6) is 0.925. The predicted molar refractivity (Wildman–Crippen MR) is 82.6 cm³/mol. The van der Waals surface area contributed by atoms with Gasteiger partial charge in [0, 0.05) is 18.6 Å². The van der Waals surface area contributed by atoms with Crippen LogP contribution in [0.3, 0.4) is 0 Å². The fourth-order valence-corrected chi connectivity index (χ4v) is 3.90. The third-order valence-corrected chi connectivity index (χ3v) is 5.23. The van der Waals surface area contributed by atoms with E-state index in [-0.39, 0.29) is 0 Å². The average molecular weight is 267 g/mol. The van der Waals surface area contributed by atoms with Crippen molar-refractivity contribution < 1.29 is 0 Å². The number of hydrogen-bond acceptors (Lipinski definition) is 3. The van der Waals surface area contributed by atoms with Gasteiger partial charge in [0.1, 0.15) is 0 Å². The maximum Gasteiger partial charge on any atom is 0.0223 e. The van der Waals surface area contributed by atoms with Gasteiger partial charge in [0.2, 0.25) is 0 Å². The highest BCUT2D eigenvalue weighted by Gasteiger charge is 2.28. The molecule has 1 N–H and O–H groups in total. The molecule has 0 aromatic carbocycles. The van der Waals surface area contributed by atoms with Crippen molar-refractivity contribution in [2.75, 3.05) is 40.3 Å². The predicted octanol–water partition coefficient (Wildman–Crippen LogP) is 2.18. The Morgan fingerprint density at radius 3 is 2.37 bits per heavy atom. The molecule has 1 unspecified atom stereocenters. The van der Waals surface area contributed by atoms with E-state index < -0.39 is 0 Å². The second-order valence-corrected chi connectivity index (χ2v) is 6.68. The third-order valence-electron chi connectivity index (χ3n) is 5.23. The van der Waals surface area contributed by atoms with Gasteiger partial charge in [0.05, 0.1) is 0 Å². The lowest BCUT2D eigenvalue weighted by Gasteiger charge is -2.38. The van der Waals surface area contributed by atoms with Crippen molar-refractivity contribution >= 4 is 0 Å². The number of piperidine rings is 1. The Hall–Kier alpha value is -0.120. The molecule has 1 aliphatic heterocycles. The molecule has 112 valence electrons. The molecule has 1 saturated carbocycles. The quantitative estimate of drug-likeness (QED) is 0.796. The van der Waals surface area contributed by atoms with E-state index in [4.69, 9.17) is 0 Å². The Balaban J connectivity index is 1.81. The van der Waals surface area contributed by atoms with E-state index in [0.717, 1.165) is 24.5 Å². The van der Waals surface area contributed by atoms with E-state index >= 15 is 0 Å². The molecule has 1 heterocycles. The summed E-state index contributed by atoms with van der Waals surface area (Å²) in [6, 6.07) is 1.52. The molecule has 1 atom stereocenters. The van der Waals surface area contributed by atoms with Crippen molar-refractivity contribution in [1.29, 1.82) is 0 Å². The summed E-state index contributed by atoms with van der Waals surface area (Å²) >= 11 is 0. The topological polar surface area (TPSA) is 18.5 Å². The van der Waals surface area contributed by atoms with E-state index in [1.54, 1.807) is 0 Å². The molecule has 0 aromatic heterocycles. The summed E-state index contributed by atoms with van der Waals surface area (Å²) in [4.78, 5) is 5.10. The molecule has 2 fully saturated rings. The Morgan fingerprint density at radius 1 is 1.16 bits per heavy atom. The number of rotatable bonds is 6.